The maximum atomic E-state index is 11.1. The zero-order chi connectivity index (χ0) is 17.8. The Morgan fingerprint density at radius 2 is 1.88 bits per heavy atom. The van der Waals surface area contributed by atoms with Crippen LogP contribution in [0.5, 0.6) is 5.75 Å². The first kappa shape index (κ1) is 17.3. The first-order valence-electron chi connectivity index (χ1n) is 7.60. The third kappa shape index (κ3) is 4.13. The van der Waals surface area contributed by atoms with Crippen molar-refractivity contribution >= 4 is 46.0 Å². The highest BCUT2D eigenvalue weighted by Crippen LogP contribution is 2.31. The fourth-order valence-corrected chi connectivity index (χ4v) is 3.00. The molecule has 0 aliphatic heterocycles. The lowest BCUT2D eigenvalue weighted by Crippen LogP contribution is -2.05. The predicted molar refractivity (Wildman–Crippen MR) is 103 cm³/mol. The number of rotatable bonds is 5. The molecule has 0 bridgehead atoms. The van der Waals surface area contributed by atoms with Gasteiger partial charge in [-0.15, -0.1) is 0 Å². The average molecular weight is 372 g/mol. The molecule has 3 aromatic carbocycles. The summed E-state index contributed by atoms with van der Waals surface area (Å²) < 4.78 is 5.95. The van der Waals surface area contributed by atoms with Crippen LogP contribution in [0.1, 0.15) is 11.1 Å². The Morgan fingerprint density at radius 3 is 2.64 bits per heavy atom. The van der Waals surface area contributed by atoms with Gasteiger partial charge in [-0.25, -0.2) is 0 Å². The summed E-state index contributed by atoms with van der Waals surface area (Å²) in [4.78, 5) is 11.1. The molecule has 3 nitrogen and oxygen atoms in total. The van der Waals surface area contributed by atoms with E-state index in [4.69, 9.17) is 33.7 Å². The maximum absolute atomic E-state index is 11.1. The number of primary amides is 1. The minimum absolute atomic E-state index is 0.283. The molecule has 0 fully saturated rings. The van der Waals surface area contributed by atoms with E-state index in [2.05, 4.69) is 0 Å². The first-order chi connectivity index (χ1) is 12.0. The lowest BCUT2D eigenvalue weighted by atomic mass is 10.0. The Labute approximate surface area is 155 Å². The zero-order valence-corrected chi connectivity index (χ0v) is 14.7. The maximum Gasteiger partial charge on any atom is 0.241 e. The number of ether oxygens (including phenoxy) is 1. The van der Waals surface area contributed by atoms with Crippen LogP contribution in [0.4, 0.5) is 0 Å². The van der Waals surface area contributed by atoms with Crippen LogP contribution in [0.2, 0.25) is 10.0 Å². The summed E-state index contributed by atoms with van der Waals surface area (Å²) in [7, 11) is 0. The number of hydrogen-bond acceptors (Lipinski definition) is 2. The molecule has 5 heteroatoms. The highest BCUT2D eigenvalue weighted by molar-refractivity contribution is 6.35. The number of halogens is 2. The van der Waals surface area contributed by atoms with Gasteiger partial charge in [-0.2, -0.15) is 0 Å². The number of fused-ring (bicyclic) bond motifs is 1. The number of carbonyl (C=O) groups excluding carboxylic acids is 1. The monoisotopic (exact) mass is 371 g/mol. The van der Waals surface area contributed by atoms with Crippen molar-refractivity contribution in [1.29, 1.82) is 0 Å². The molecule has 0 aromatic heterocycles. The molecule has 0 aliphatic rings. The van der Waals surface area contributed by atoms with Gasteiger partial charge in [0.05, 0.1) is 0 Å². The molecular formula is C20H15Cl2NO2. The van der Waals surface area contributed by atoms with Crippen LogP contribution in [0.15, 0.2) is 60.7 Å². The summed E-state index contributed by atoms with van der Waals surface area (Å²) in [6.45, 7) is 0.283. The molecule has 0 unspecified atom stereocenters. The Kier molecular flexibility index (Phi) is 5.27. The average Bonchev–Trinajstić information content (AvgIpc) is 2.59. The van der Waals surface area contributed by atoms with E-state index >= 15 is 0 Å². The van der Waals surface area contributed by atoms with Crippen molar-refractivity contribution in [3.63, 3.8) is 0 Å². The van der Waals surface area contributed by atoms with Gasteiger partial charge in [0.15, 0.2) is 0 Å². The van der Waals surface area contributed by atoms with E-state index in [1.165, 1.54) is 6.08 Å². The van der Waals surface area contributed by atoms with Gasteiger partial charge in [0.1, 0.15) is 12.4 Å². The summed E-state index contributed by atoms with van der Waals surface area (Å²) in [5.41, 5.74) is 6.85. The quantitative estimate of drug-likeness (QED) is 0.624. The normalized spacial score (nSPS) is 11.1. The smallest absolute Gasteiger partial charge is 0.241 e. The van der Waals surface area contributed by atoms with E-state index in [0.717, 1.165) is 21.9 Å². The van der Waals surface area contributed by atoms with Crippen LogP contribution in [0, 0.1) is 0 Å². The Morgan fingerprint density at radius 1 is 1.08 bits per heavy atom. The van der Waals surface area contributed by atoms with Gasteiger partial charge in [0.2, 0.25) is 5.91 Å². The van der Waals surface area contributed by atoms with Crippen molar-refractivity contribution in [3.8, 4) is 5.75 Å². The van der Waals surface area contributed by atoms with Gasteiger partial charge < -0.3 is 10.5 Å². The highest BCUT2D eigenvalue weighted by atomic mass is 35.5. The fourth-order valence-electron chi connectivity index (χ4n) is 2.53. The van der Waals surface area contributed by atoms with Gasteiger partial charge in [-0.05, 0) is 35.0 Å². The van der Waals surface area contributed by atoms with Crippen LogP contribution in [0.3, 0.4) is 0 Å². The van der Waals surface area contributed by atoms with Crippen LogP contribution >= 0.6 is 23.2 Å². The van der Waals surface area contributed by atoms with E-state index < -0.39 is 5.91 Å². The van der Waals surface area contributed by atoms with Crippen LogP contribution in [-0.4, -0.2) is 5.91 Å². The largest absolute Gasteiger partial charge is 0.488 e. The Hall–Kier alpha value is -2.49. The van der Waals surface area contributed by atoms with Crippen molar-refractivity contribution in [2.45, 2.75) is 6.61 Å². The van der Waals surface area contributed by atoms with E-state index in [1.807, 2.05) is 42.5 Å². The van der Waals surface area contributed by atoms with Crippen molar-refractivity contribution in [2.24, 2.45) is 5.73 Å². The van der Waals surface area contributed by atoms with E-state index in [9.17, 15) is 4.79 Å². The second kappa shape index (κ2) is 7.60. The number of hydrogen-bond donors (Lipinski definition) is 1. The minimum atomic E-state index is -0.514. The SMILES string of the molecule is NC(=O)/C=C/c1c(OCc2ccc(Cl)cc2Cl)ccc2ccccc12. The lowest BCUT2D eigenvalue weighted by Gasteiger charge is -2.13. The van der Waals surface area contributed by atoms with Crippen molar-refractivity contribution in [2.75, 3.05) is 0 Å². The van der Waals surface area contributed by atoms with Crippen LogP contribution in [0.25, 0.3) is 16.8 Å². The molecular weight excluding hydrogens is 357 g/mol. The van der Waals surface area contributed by atoms with Gasteiger partial charge >= 0.3 is 0 Å². The van der Waals surface area contributed by atoms with Crippen molar-refractivity contribution in [1.82, 2.24) is 0 Å². The molecule has 126 valence electrons. The highest BCUT2D eigenvalue weighted by Gasteiger charge is 2.09. The van der Waals surface area contributed by atoms with E-state index in [1.54, 1.807) is 18.2 Å². The van der Waals surface area contributed by atoms with Crippen molar-refractivity contribution in [3.05, 3.63) is 81.8 Å². The molecule has 2 N–H and O–H groups in total. The number of amides is 1. The molecule has 0 spiro atoms. The van der Waals surface area contributed by atoms with Crippen LogP contribution < -0.4 is 10.5 Å². The molecule has 1 amide bonds. The molecule has 0 saturated carbocycles. The van der Waals surface area contributed by atoms with Crippen molar-refractivity contribution < 1.29 is 9.53 Å². The standard InChI is InChI=1S/C20H15Cl2NO2/c21-15-7-5-14(18(22)11-15)12-25-19-9-6-13-3-1-2-4-16(13)17(19)8-10-20(23)24/h1-11H,12H2,(H2,23,24)/b10-8+. The molecule has 25 heavy (non-hydrogen) atoms. The minimum Gasteiger partial charge on any atom is -0.488 e. The Bertz CT molecular complexity index is 967. The number of benzene rings is 3. The third-order valence-electron chi connectivity index (χ3n) is 3.74. The van der Waals surface area contributed by atoms with Gasteiger partial charge in [0, 0.05) is 27.2 Å². The number of carbonyl (C=O) groups is 1. The van der Waals surface area contributed by atoms with E-state index in [0.29, 0.717) is 15.8 Å². The molecule has 0 aliphatic carbocycles. The third-order valence-corrected chi connectivity index (χ3v) is 4.33. The summed E-state index contributed by atoms with van der Waals surface area (Å²) in [5.74, 6) is 0.127. The number of nitrogens with two attached hydrogens (primary N) is 1. The summed E-state index contributed by atoms with van der Waals surface area (Å²) in [5, 5.41) is 3.13. The molecule has 0 heterocycles. The molecule has 3 rings (SSSR count). The second-order valence-corrected chi connectivity index (χ2v) is 6.30. The first-order valence-corrected chi connectivity index (χ1v) is 8.36. The second-order valence-electron chi connectivity index (χ2n) is 5.46. The molecule has 3 aromatic rings. The molecule has 0 radical (unpaired) electrons. The summed E-state index contributed by atoms with van der Waals surface area (Å²) in [6.07, 6.45) is 2.99. The predicted octanol–water partition coefficient (Wildman–Crippen LogP) is 5.22. The fraction of sp³-hybridized carbons (Fsp3) is 0.0500. The van der Waals surface area contributed by atoms with Gasteiger partial charge in [-0.3, -0.25) is 4.79 Å². The summed E-state index contributed by atoms with van der Waals surface area (Å²) >= 11 is 12.1. The topological polar surface area (TPSA) is 52.3 Å². The summed E-state index contributed by atoms with van der Waals surface area (Å²) in [6, 6.07) is 17.0. The van der Waals surface area contributed by atoms with Gasteiger partial charge in [-0.1, -0.05) is 59.6 Å². The molecule has 0 atom stereocenters. The Balaban J connectivity index is 1.97. The lowest BCUT2D eigenvalue weighted by molar-refractivity contribution is -0.113. The van der Waals surface area contributed by atoms with E-state index in [-0.39, 0.29) is 6.61 Å². The molecule has 0 saturated heterocycles. The van der Waals surface area contributed by atoms with Crippen LogP contribution in [-0.2, 0) is 11.4 Å². The zero-order valence-electron chi connectivity index (χ0n) is 13.2. The van der Waals surface area contributed by atoms with Gasteiger partial charge in [0.25, 0.3) is 0 Å².